The number of ether oxygens (including phenoxy) is 2. The van der Waals surface area contributed by atoms with Gasteiger partial charge < -0.3 is 39.4 Å². The van der Waals surface area contributed by atoms with Crippen LogP contribution in [0.5, 0.6) is 11.5 Å². The number of phenolic OH excluding ortho intramolecular Hbond substituents is 1. The highest BCUT2D eigenvalue weighted by molar-refractivity contribution is 5.80. The average Bonchev–Trinajstić information content (AvgIpc) is 2.56. The van der Waals surface area contributed by atoms with Crippen LogP contribution in [-0.2, 0) is 4.74 Å². The number of hydrogen-bond donors (Lipinski definition) is 5. The van der Waals surface area contributed by atoms with Gasteiger partial charge in [0, 0.05) is 17.5 Å². The second-order valence-electron chi connectivity index (χ2n) is 5.43. The Balaban J connectivity index is 0.00000225. The average molecular weight is 370 g/mol. The molecule has 10 heteroatoms. The lowest BCUT2D eigenvalue weighted by atomic mass is 9.99. The summed E-state index contributed by atoms with van der Waals surface area (Å²) in [6, 6.07) is 5.17. The van der Waals surface area contributed by atoms with E-state index < -0.39 is 42.9 Å². The summed E-state index contributed by atoms with van der Waals surface area (Å²) >= 11 is 0. The standard InChI is InChI=1S/C15H16O9.Al.3H/c16-5-10-12(19)13(20)14(21)15(24-10)23-9-3-6-1-2-11(18)22-8(6)4-7(9)17;;;;/h1-4,10,12-17,19-21H,5H2;;;;/t10-,12-,13+,14-,15-;;;;/m1..../s1. The van der Waals surface area contributed by atoms with Crippen LogP contribution in [0.15, 0.2) is 33.5 Å². The van der Waals surface area contributed by atoms with E-state index in [1.54, 1.807) is 0 Å². The van der Waals surface area contributed by atoms with E-state index in [1.165, 1.54) is 18.2 Å². The summed E-state index contributed by atoms with van der Waals surface area (Å²) in [6.45, 7) is -0.598. The summed E-state index contributed by atoms with van der Waals surface area (Å²) in [4.78, 5) is 11.2. The van der Waals surface area contributed by atoms with Gasteiger partial charge in [-0.3, -0.25) is 0 Å². The molecule has 5 N–H and O–H groups in total. The molecular weight excluding hydrogens is 351 g/mol. The van der Waals surface area contributed by atoms with Gasteiger partial charge in [0.05, 0.1) is 6.61 Å². The van der Waals surface area contributed by atoms with Gasteiger partial charge >= 0.3 is 5.63 Å². The molecule has 25 heavy (non-hydrogen) atoms. The minimum absolute atomic E-state index is 0. The maximum atomic E-state index is 11.2. The van der Waals surface area contributed by atoms with Crippen molar-refractivity contribution in [2.24, 2.45) is 0 Å². The van der Waals surface area contributed by atoms with Crippen LogP contribution in [0, 0.1) is 0 Å². The van der Waals surface area contributed by atoms with Crippen LogP contribution in [0.1, 0.15) is 0 Å². The molecular formula is C15H19AlO9. The number of fused-ring (bicyclic) bond motifs is 1. The third-order valence-corrected chi connectivity index (χ3v) is 3.79. The predicted octanol–water partition coefficient (Wildman–Crippen LogP) is -2.51. The lowest BCUT2D eigenvalue weighted by Gasteiger charge is -2.39. The number of rotatable bonds is 3. The van der Waals surface area contributed by atoms with Crippen LogP contribution in [0.4, 0.5) is 0 Å². The van der Waals surface area contributed by atoms with E-state index in [0.717, 1.165) is 6.07 Å². The van der Waals surface area contributed by atoms with Crippen molar-refractivity contribution in [3.8, 4) is 11.5 Å². The Morgan fingerprint density at radius 3 is 2.48 bits per heavy atom. The van der Waals surface area contributed by atoms with Gasteiger partial charge in [0.2, 0.25) is 6.29 Å². The third-order valence-electron chi connectivity index (χ3n) is 3.79. The topological polar surface area (TPSA) is 150 Å². The van der Waals surface area contributed by atoms with Crippen LogP contribution < -0.4 is 10.4 Å². The predicted molar refractivity (Wildman–Crippen MR) is 88.5 cm³/mol. The minimum Gasteiger partial charge on any atom is -0.504 e. The molecule has 0 unspecified atom stereocenters. The molecule has 0 bridgehead atoms. The Morgan fingerprint density at radius 1 is 1.08 bits per heavy atom. The number of hydrogen-bond acceptors (Lipinski definition) is 9. The van der Waals surface area contributed by atoms with Crippen LogP contribution in [-0.4, -0.2) is 80.2 Å². The van der Waals surface area contributed by atoms with E-state index in [1.807, 2.05) is 0 Å². The van der Waals surface area contributed by atoms with E-state index in [4.69, 9.17) is 19.0 Å². The smallest absolute Gasteiger partial charge is 0.336 e. The highest BCUT2D eigenvalue weighted by Gasteiger charge is 2.44. The number of phenols is 1. The van der Waals surface area contributed by atoms with Gasteiger partial charge in [-0.05, 0) is 12.1 Å². The van der Waals surface area contributed by atoms with Crippen molar-refractivity contribution in [3.63, 3.8) is 0 Å². The van der Waals surface area contributed by atoms with Crippen molar-refractivity contribution < 1.29 is 39.4 Å². The summed E-state index contributed by atoms with van der Waals surface area (Å²) in [7, 11) is 0. The zero-order valence-electron chi connectivity index (χ0n) is 12.3. The zero-order chi connectivity index (χ0) is 17.4. The van der Waals surface area contributed by atoms with Crippen molar-refractivity contribution in [2.45, 2.75) is 30.7 Å². The van der Waals surface area contributed by atoms with Gasteiger partial charge in [-0.25, -0.2) is 4.79 Å². The lowest BCUT2D eigenvalue weighted by molar-refractivity contribution is -0.277. The Bertz CT molecular complexity index is 790. The molecule has 5 atom stereocenters. The lowest BCUT2D eigenvalue weighted by Crippen LogP contribution is -2.60. The molecule has 0 aliphatic carbocycles. The van der Waals surface area contributed by atoms with E-state index >= 15 is 0 Å². The summed E-state index contributed by atoms with van der Waals surface area (Å²) in [6.07, 6.45) is -7.27. The van der Waals surface area contributed by atoms with Crippen molar-refractivity contribution in [2.75, 3.05) is 6.61 Å². The Kier molecular flexibility index (Phi) is 6.08. The molecule has 1 aromatic carbocycles. The van der Waals surface area contributed by atoms with Crippen LogP contribution in [0.25, 0.3) is 11.0 Å². The van der Waals surface area contributed by atoms with Crippen molar-refractivity contribution >= 4 is 28.3 Å². The molecule has 0 spiro atoms. The van der Waals surface area contributed by atoms with E-state index in [0.29, 0.717) is 5.39 Å². The quantitative estimate of drug-likeness (QED) is 0.292. The first kappa shape index (κ1) is 19.7. The fraction of sp³-hybridized carbons (Fsp3) is 0.400. The Morgan fingerprint density at radius 2 is 1.80 bits per heavy atom. The van der Waals surface area contributed by atoms with Gasteiger partial charge in [0.25, 0.3) is 0 Å². The monoisotopic (exact) mass is 370 g/mol. The molecule has 2 aromatic rings. The number of benzene rings is 1. The second kappa shape index (κ2) is 7.72. The van der Waals surface area contributed by atoms with Crippen LogP contribution in [0.2, 0.25) is 0 Å². The highest BCUT2D eigenvalue weighted by atomic mass is 27.0. The highest BCUT2D eigenvalue weighted by Crippen LogP contribution is 2.33. The maximum Gasteiger partial charge on any atom is 0.336 e. The first-order valence-electron chi connectivity index (χ1n) is 7.15. The number of aromatic hydroxyl groups is 1. The fourth-order valence-electron chi connectivity index (χ4n) is 2.47. The molecule has 1 aliphatic heterocycles. The van der Waals surface area contributed by atoms with Gasteiger partial charge in [0.1, 0.15) is 30.0 Å². The summed E-state index contributed by atoms with van der Waals surface area (Å²) < 4.78 is 15.5. The van der Waals surface area contributed by atoms with Crippen molar-refractivity contribution in [1.82, 2.24) is 0 Å². The van der Waals surface area contributed by atoms with Gasteiger partial charge in [-0.15, -0.1) is 0 Å². The Labute approximate surface area is 151 Å². The molecule has 0 radical (unpaired) electrons. The molecule has 136 valence electrons. The van der Waals surface area contributed by atoms with Gasteiger partial charge in [-0.1, -0.05) is 0 Å². The first-order chi connectivity index (χ1) is 11.4. The molecule has 1 aromatic heterocycles. The first-order valence-corrected chi connectivity index (χ1v) is 7.15. The molecule has 0 amide bonds. The molecule has 9 nitrogen and oxygen atoms in total. The molecule has 3 rings (SSSR count). The molecule has 0 saturated carbocycles. The third kappa shape index (κ3) is 3.81. The second-order valence-corrected chi connectivity index (χ2v) is 5.43. The summed E-state index contributed by atoms with van der Waals surface area (Å²) in [5, 5.41) is 49.0. The normalized spacial score (nSPS) is 29.2. The Hall–Kier alpha value is -1.64. The zero-order valence-corrected chi connectivity index (χ0v) is 12.3. The maximum absolute atomic E-state index is 11.2. The molecule has 1 aliphatic rings. The number of aliphatic hydroxyl groups excluding tert-OH is 4. The van der Waals surface area contributed by atoms with Gasteiger partial charge in [-0.2, -0.15) is 0 Å². The summed E-state index contributed by atoms with van der Waals surface area (Å²) in [5.74, 6) is -0.477. The summed E-state index contributed by atoms with van der Waals surface area (Å²) in [5.41, 5.74) is -0.439. The van der Waals surface area contributed by atoms with Crippen molar-refractivity contribution in [3.05, 3.63) is 34.7 Å². The van der Waals surface area contributed by atoms with Crippen molar-refractivity contribution in [1.29, 1.82) is 0 Å². The van der Waals surface area contributed by atoms with E-state index in [-0.39, 0.29) is 34.4 Å². The van der Waals surface area contributed by atoms with Crippen LogP contribution in [0.3, 0.4) is 0 Å². The SMILES string of the molecule is O=c1ccc2cc(O[C@@H]3O[C@H](CO)[C@@H](O)[C@H](O)[C@H]3O)c(O)cc2o1.[AlH3]. The molecule has 2 heterocycles. The van der Waals surface area contributed by atoms with Crippen LogP contribution >= 0.6 is 0 Å². The van der Waals surface area contributed by atoms with Gasteiger partial charge in [0.15, 0.2) is 28.9 Å². The van der Waals surface area contributed by atoms with E-state index in [9.17, 15) is 25.2 Å². The minimum atomic E-state index is -1.60. The number of aliphatic hydroxyl groups is 4. The molecule has 1 saturated heterocycles. The largest absolute Gasteiger partial charge is 0.504 e. The van der Waals surface area contributed by atoms with E-state index in [2.05, 4.69) is 0 Å². The fourth-order valence-corrected chi connectivity index (χ4v) is 2.47. The molecule has 1 fully saturated rings.